The minimum absolute atomic E-state index is 0.0716. The lowest BCUT2D eigenvalue weighted by molar-refractivity contribution is -0.132. The number of nitrogens with zero attached hydrogens (tertiary/aromatic N) is 1. The van der Waals surface area contributed by atoms with Crippen LogP contribution in [0.1, 0.15) is 0 Å². The molecule has 0 fully saturated rings. The van der Waals surface area contributed by atoms with Crippen LogP contribution in [0.4, 0.5) is 0 Å². The summed E-state index contributed by atoms with van der Waals surface area (Å²) in [7, 11) is 0. The summed E-state index contributed by atoms with van der Waals surface area (Å²) < 4.78 is 6.27. The van der Waals surface area contributed by atoms with Gasteiger partial charge in [0, 0.05) is 17.6 Å². The summed E-state index contributed by atoms with van der Waals surface area (Å²) in [5.41, 5.74) is 0. The van der Waals surface area contributed by atoms with Gasteiger partial charge in [-0.05, 0) is 18.2 Å². The zero-order valence-electron chi connectivity index (χ0n) is 10.4. The lowest BCUT2D eigenvalue weighted by Crippen LogP contribution is -2.35. The van der Waals surface area contributed by atoms with E-state index in [4.69, 9.17) is 16.3 Å². The van der Waals surface area contributed by atoms with Crippen LogP contribution in [-0.2, 0) is 4.79 Å². The summed E-state index contributed by atoms with van der Waals surface area (Å²) in [6.45, 7) is 8.07. The summed E-state index contributed by atoms with van der Waals surface area (Å²) in [5.74, 6) is 0.331. The fraction of sp³-hybridized carbons (Fsp3) is 0.214. The Bertz CT molecular complexity index is 467. The Morgan fingerprint density at radius 1 is 1.37 bits per heavy atom. The van der Waals surface area contributed by atoms with Gasteiger partial charge in [-0.2, -0.15) is 0 Å². The van der Waals surface area contributed by atoms with E-state index in [-0.39, 0.29) is 12.5 Å². The quantitative estimate of drug-likeness (QED) is 0.706. The summed E-state index contributed by atoms with van der Waals surface area (Å²) in [6.07, 6.45) is 3.32. The van der Waals surface area contributed by atoms with Crippen molar-refractivity contribution in [1.29, 1.82) is 0 Å². The highest BCUT2D eigenvalue weighted by Gasteiger charge is 2.12. The Kier molecular flexibility index (Phi) is 6.67. The van der Waals surface area contributed by atoms with Gasteiger partial charge < -0.3 is 9.64 Å². The standard InChI is InChI=1S/C14H15BrClNO2/c1-3-7-17(8-4-2)14(18)10-19-13-9-11(15)5-6-12(13)16/h3-6,9H,1-2,7-8,10H2. The number of hydrogen-bond donors (Lipinski definition) is 0. The molecule has 0 heterocycles. The van der Waals surface area contributed by atoms with Crippen LogP contribution in [0.2, 0.25) is 5.02 Å². The predicted molar refractivity (Wildman–Crippen MR) is 81.6 cm³/mol. The maximum atomic E-state index is 11.9. The van der Waals surface area contributed by atoms with Gasteiger partial charge in [-0.25, -0.2) is 0 Å². The smallest absolute Gasteiger partial charge is 0.261 e. The minimum Gasteiger partial charge on any atom is -0.482 e. The van der Waals surface area contributed by atoms with E-state index in [1.165, 1.54) is 0 Å². The van der Waals surface area contributed by atoms with Crippen molar-refractivity contribution in [3.63, 3.8) is 0 Å². The molecule has 0 spiro atoms. The Morgan fingerprint density at radius 2 is 2.00 bits per heavy atom. The fourth-order valence-electron chi connectivity index (χ4n) is 1.41. The van der Waals surface area contributed by atoms with Crippen LogP contribution in [0.25, 0.3) is 0 Å². The normalized spacial score (nSPS) is 9.79. The molecule has 0 aliphatic carbocycles. The van der Waals surface area contributed by atoms with E-state index in [1.54, 1.807) is 35.3 Å². The second-order valence-electron chi connectivity index (χ2n) is 3.74. The van der Waals surface area contributed by atoms with Gasteiger partial charge in [-0.15, -0.1) is 13.2 Å². The summed E-state index contributed by atoms with van der Waals surface area (Å²) >= 11 is 9.30. The van der Waals surface area contributed by atoms with E-state index in [2.05, 4.69) is 29.1 Å². The monoisotopic (exact) mass is 343 g/mol. The van der Waals surface area contributed by atoms with E-state index in [1.807, 2.05) is 0 Å². The first-order valence-electron chi connectivity index (χ1n) is 5.66. The second-order valence-corrected chi connectivity index (χ2v) is 5.06. The Hall–Kier alpha value is -1.26. The zero-order valence-corrected chi connectivity index (χ0v) is 12.8. The fourth-order valence-corrected chi connectivity index (χ4v) is 1.92. The molecule has 0 aliphatic rings. The average molecular weight is 345 g/mol. The molecule has 0 N–H and O–H groups in total. The number of benzene rings is 1. The Balaban J connectivity index is 2.63. The van der Waals surface area contributed by atoms with E-state index < -0.39 is 0 Å². The molecule has 102 valence electrons. The molecule has 0 aromatic heterocycles. The molecule has 0 unspecified atom stereocenters. The third-order valence-corrected chi connectivity index (χ3v) is 3.10. The molecule has 3 nitrogen and oxygen atoms in total. The van der Waals surface area contributed by atoms with Gasteiger partial charge in [-0.3, -0.25) is 4.79 Å². The average Bonchev–Trinajstić information content (AvgIpc) is 2.39. The van der Waals surface area contributed by atoms with E-state index in [0.717, 1.165) is 4.47 Å². The molecule has 0 atom stereocenters. The van der Waals surface area contributed by atoms with Gasteiger partial charge in [0.15, 0.2) is 6.61 Å². The molecule has 5 heteroatoms. The van der Waals surface area contributed by atoms with E-state index in [9.17, 15) is 4.79 Å². The molecule has 1 aromatic carbocycles. The first-order valence-corrected chi connectivity index (χ1v) is 6.83. The molecular weight excluding hydrogens is 330 g/mol. The first kappa shape index (κ1) is 15.8. The highest BCUT2D eigenvalue weighted by atomic mass is 79.9. The van der Waals surface area contributed by atoms with Crippen molar-refractivity contribution in [1.82, 2.24) is 4.90 Å². The predicted octanol–water partition coefficient (Wildman–Crippen LogP) is 3.68. The Morgan fingerprint density at radius 3 is 2.58 bits per heavy atom. The van der Waals surface area contributed by atoms with Crippen LogP contribution in [0.3, 0.4) is 0 Å². The van der Waals surface area contributed by atoms with Crippen molar-refractivity contribution in [2.24, 2.45) is 0 Å². The maximum Gasteiger partial charge on any atom is 0.261 e. The molecule has 1 amide bonds. The molecule has 0 saturated heterocycles. The molecule has 0 saturated carbocycles. The molecule has 0 aliphatic heterocycles. The van der Waals surface area contributed by atoms with Crippen molar-refractivity contribution in [3.8, 4) is 5.75 Å². The van der Waals surface area contributed by atoms with Gasteiger partial charge >= 0.3 is 0 Å². The second kappa shape index (κ2) is 8.02. The number of halogens is 2. The number of carbonyl (C=O) groups is 1. The van der Waals surface area contributed by atoms with Gasteiger partial charge in [0.2, 0.25) is 0 Å². The number of rotatable bonds is 7. The van der Waals surface area contributed by atoms with E-state index >= 15 is 0 Å². The van der Waals surface area contributed by atoms with Crippen molar-refractivity contribution in [2.45, 2.75) is 0 Å². The van der Waals surface area contributed by atoms with E-state index in [0.29, 0.717) is 23.9 Å². The third-order valence-electron chi connectivity index (χ3n) is 2.30. The van der Waals surface area contributed by atoms with Crippen LogP contribution in [-0.4, -0.2) is 30.5 Å². The van der Waals surface area contributed by atoms with Gasteiger partial charge in [0.1, 0.15) is 5.75 Å². The molecular formula is C14H15BrClNO2. The number of hydrogen-bond acceptors (Lipinski definition) is 2. The van der Waals surface area contributed by atoms with Crippen LogP contribution in [0.15, 0.2) is 48.0 Å². The summed E-state index contributed by atoms with van der Waals surface area (Å²) in [5, 5.41) is 0.468. The zero-order chi connectivity index (χ0) is 14.3. The Labute approximate surface area is 126 Å². The number of ether oxygens (including phenoxy) is 1. The molecule has 1 aromatic rings. The third kappa shape index (κ3) is 5.09. The van der Waals surface area contributed by atoms with Crippen LogP contribution in [0, 0.1) is 0 Å². The van der Waals surface area contributed by atoms with Crippen LogP contribution < -0.4 is 4.74 Å². The summed E-state index contributed by atoms with van der Waals surface area (Å²) in [4.78, 5) is 13.5. The van der Waals surface area contributed by atoms with Crippen molar-refractivity contribution >= 4 is 33.4 Å². The molecule has 0 radical (unpaired) electrons. The molecule has 1 rings (SSSR count). The molecule has 19 heavy (non-hydrogen) atoms. The minimum atomic E-state index is -0.143. The highest BCUT2D eigenvalue weighted by molar-refractivity contribution is 9.10. The van der Waals surface area contributed by atoms with Gasteiger partial charge in [0.25, 0.3) is 5.91 Å². The van der Waals surface area contributed by atoms with Crippen molar-refractivity contribution in [3.05, 3.63) is 53.0 Å². The lowest BCUT2D eigenvalue weighted by atomic mass is 10.3. The van der Waals surface area contributed by atoms with Crippen molar-refractivity contribution < 1.29 is 9.53 Å². The molecule has 0 bridgehead atoms. The summed E-state index contributed by atoms with van der Waals surface area (Å²) in [6, 6.07) is 5.23. The number of carbonyl (C=O) groups excluding carboxylic acids is 1. The number of amides is 1. The van der Waals surface area contributed by atoms with Crippen molar-refractivity contribution in [2.75, 3.05) is 19.7 Å². The van der Waals surface area contributed by atoms with Gasteiger partial charge in [0.05, 0.1) is 5.02 Å². The first-order chi connectivity index (χ1) is 9.08. The largest absolute Gasteiger partial charge is 0.482 e. The van der Waals surface area contributed by atoms with Gasteiger partial charge in [-0.1, -0.05) is 39.7 Å². The lowest BCUT2D eigenvalue weighted by Gasteiger charge is -2.19. The van der Waals surface area contributed by atoms with Crippen LogP contribution in [0.5, 0.6) is 5.75 Å². The SMILES string of the molecule is C=CCN(CC=C)C(=O)COc1cc(Br)ccc1Cl. The maximum absolute atomic E-state index is 11.9. The topological polar surface area (TPSA) is 29.5 Å². The van der Waals surface area contributed by atoms with Crippen LogP contribution >= 0.6 is 27.5 Å². The highest BCUT2D eigenvalue weighted by Crippen LogP contribution is 2.27.